The third-order valence-corrected chi connectivity index (χ3v) is 5.30. The first-order valence-electron chi connectivity index (χ1n) is 9.00. The first kappa shape index (κ1) is 15.2. The van der Waals surface area contributed by atoms with Crippen LogP contribution in [0.2, 0.25) is 0 Å². The molecular weight excluding hydrogens is 292 g/mol. The summed E-state index contributed by atoms with van der Waals surface area (Å²) >= 11 is 0. The Bertz CT molecular complexity index is 794. The molecule has 0 unspecified atom stereocenters. The Morgan fingerprint density at radius 3 is 2.25 bits per heavy atom. The number of nitrogens with zero attached hydrogens (tertiary/aromatic N) is 2. The minimum atomic E-state index is 0.763. The molecule has 1 saturated carbocycles. The minimum absolute atomic E-state index is 0.763. The number of hydrogen-bond donors (Lipinski definition) is 0. The lowest BCUT2D eigenvalue weighted by Crippen LogP contribution is -2.04. The molecule has 4 rings (SSSR count). The summed E-state index contributed by atoms with van der Waals surface area (Å²) in [5.74, 6) is 1.78. The van der Waals surface area contributed by atoms with E-state index in [0.717, 1.165) is 17.3 Å². The lowest BCUT2D eigenvalue weighted by Gasteiger charge is -2.22. The van der Waals surface area contributed by atoms with Gasteiger partial charge in [0.05, 0.1) is 11.9 Å². The SMILES string of the molecule is Cn1c(-c2ccc(C3CCCCC3)cc2)cnc1-c1ccccc1. The molecule has 3 aromatic rings. The third-order valence-electron chi connectivity index (χ3n) is 5.30. The fourth-order valence-electron chi connectivity index (χ4n) is 3.90. The molecule has 1 aliphatic rings. The van der Waals surface area contributed by atoms with Crippen LogP contribution < -0.4 is 0 Å². The fourth-order valence-corrected chi connectivity index (χ4v) is 3.90. The molecule has 2 heteroatoms. The minimum Gasteiger partial charge on any atom is -0.327 e. The molecule has 0 N–H and O–H groups in total. The van der Waals surface area contributed by atoms with Gasteiger partial charge in [-0.25, -0.2) is 4.98 Å². The van der Waals surface area contributed by atoms with Crippen LogP contribution in [-0.2, 0) is 7.05 Å². The van der Waals surface area contributed by atoms with Gasteiger partial charge in [-0.2, -0.15) is 0 Å². The summed E-state index contributed by atoms with van der Waals surface area (Å²) in [4.78, 5) is 4.64. The quantitative estimate of drug-likeness (QED) is 0.597. The van der Waals surface area contributed by atoms with Crippen molar-refractivity contribution in [1.82, 2.24) is 9.55 Å². The molecule has 0 amide bonds. The molecular formula is C22H24N2. The summed E-state index contributed by atoms with van der Waals surface area (Å²) in [6.07, 6.45) is 8.86. The van der Waals surface area contributed by atoms with Gasteiger partial charge in [0.2, 0.25) is 0 Å². The molecule has 0 aliphatic heterocycles. The Morgan fingerprint density at radius 1 is 0.833 bits per heavy atom. The molecule has 2 nitrogen and oxygen atoms in total. The first-order chi connectivity index (χ1) is 11.8. The molecule has 1 fully saturated rings. The van der Waals surface area contributed by atoms with Crippen molar-refractivity contribution in [3.8, 4) is 22.6 Å². The zero-order valence-corrected chi connectivity index (χ0v) is 14.3. The monoisotopic (exact) mass is 316 g/mol. The third kappa shape index (κ3) is 2.89. The van der Waals surface area contributed by atoms with Crippen LogP contribution in [0.3, 0.4) is 0 Å². The average Bonchev–Trinajstić information content (AvgIpc) is 3.05. The second-order valence-electron chi connectivity index (χ2n) is 6.85. The molecule has 1 heterocycles. The summed E-state index contributed by atoms with van der Waals surface area (Å²) in [6.45, 7) is 0. The van der Waals surface area contributed by atoms with E-state index in [-0.39, 0.29) is 0 Å². The summed E-state index contributed by atoms with van der Waals surface area (Å²) < 4.78 is 2.19. The van der Waals surface area contributed by atoms with Crippen LogP contribution in [0.1, 0.15) is 43.6 Å². The van der Waals surface area contributed by atoms with Gasteiger partial charge in [0, 0.05) is 12.6 Å². The van der Waals surface area contributed by atoms with Crippen molar-refractivity contribution in [2.24, 2.45) is 7.05 Å². The Kier molecular flexibility index (Phi) is 4.20. The Balaban J connectivity index is 1.61. The van der Waals surface area contributed by atoms with E-state index in [4.69, 9.17) is 0 Å². The maximum atomic E-state index is 4.64. The highest BCUT2D eigenvalue weighted by Crippen LogP contribution is 2.34. The zero-order chi connectivity index (χ0) is 16.4. The first-order valence-corrected chi connectivity index (χ1v) is 9.00. The molecule has 122 valence electrons. The highest BCUT2D eigenvalue weighted by Gasteiger charge is 2.16. The van der Waals surface area contributed by atoms with E-state index in [9.17, 15) is 0 Å². The smallest absolute Gasteiger partial charge is 0.140 e. The predicted octanol–water partition coefficient (Wildman–Crippen LogP) is 5.80. The number of imidazole rings is 1. The Labute approximate surface area is 144 Å². The number of rotatable bonds is 3. The van der Waals surface area contributed by atoms with Gasteiger partial charge in [-0.15, -0.1) is 0 Å². The lowest BCUT2D eigenvalue weighted by molar-refractivity contribution is 0.443. The van der Waals surface area contributed by atoms with Crippen molar-refractivity contribution in [1.29, 1.82) is 0 Å². The van der Waals surface area contributed by atoms with Gasteiger partial charge < -0.3 is 4.57 Å². The molecule has 2 aromatic carbocycles. The molecule has 0 radical (unpaired) electrons. The maximum absolute atomic E-state index is 4.64. The van der Waals surface area contributed by atoms with E-state index < -0.39 is 0 Å². The van der Waals surface area contributed by atoms with Crippen LogP contribution >= 0.6 is 0 Å². The average molecular weight is 316 g/mol. The van der Waals surface area contributed by atoms with Gasteiger partial charge >= 0.3 is 0 Å². The van der Waals surface area contributed by atoms with E-state index in [1.807, 2.05) is 12.3 Å². The van der Waals surface area contributed by atoms with Gasteiger partial charge in [-0.05, 0) is 29.9 Å². The number of aromatic nitrogens is 2. The van der Waals surface area contributed by atoms with Crippen LogP contribution in [0.15, 0.2) is 60.8 Å². The summed E-state index contributed by atoms with van der Waals surface area (Å²) in [5, 5.41) is 0. The van der Waals surface area contributed by atoms with E-state index in [1.54, 1.807) is 0 Å². The molecule has 0 spiro atoms. The van der Waals surface area contributed by atoms with Crippen molar-refractivity contribution in [2.75, 3.05) is 0 Å². The summed E-state index contributed by atoms with van der Waals surface area (Å²) in [6, 6.07) is 19.5. The van der Waals surface area contributed by atoms with Crippen LogP contribution in [0, 0.1) is 0 Å². The standard InChI is InChI=1S/C22H24N2/c1-24-21(16-23-22(24)20-10-6-3-7-11-20)19-14-12-18(13-15-19)17-8-4-2-5-9-17/h3,6-7,10-17H,2,4-5,8-9H2,1H3. The van der Waals surface area contributed by atoms with Gasteiger partial charge in [0.15, 0.2) is 0 Å². The molecule has 0 saturated heterocycles. The lowest BCUT2D eigenvalue weighted by atomic mass is 9.84. The predicted molar refractivity (Wildman–Crippen MR) is 99.9 cm³/mol. The van der Waals surface area contributed by atoms with E-state index in [1.165, 1.54) is 48.9 Å². The van der Waals surface area contributed by atoms with E-state index >= 15 is 0 Å². The van der Waals surface area contributed by atoms with Gasteiger partial charge in [-0.1, -0.05) is 73.9 Å². The Hall–Kier alpha value is -2.35. The molecule has 0 atom stereocenters. The second kappa shape index (κ2) is 6.64. The van der Waals surface area contributed by atoms with Crippen molar-refractivity contribution >= 4 is 0 Å². The normalized spacial score (nSPS) is 15.5. The fraction of sp³-hybridized carbons (Fsp3) is 0.318. The van der Waals surface area contributed by atoms with Crippen LogP contribution in [0.5, 0.6) is 0 Å². The summed E-state index contributed by atoms with van der Waals surface area (Å²) in [7, 11) is 2.10. The van der Waals surface area contributed by atoms with Crippen LogP contribution in [0.25, 0.3) is 22.6 Å². The number of benzene rings is 2. The molecule has 24 heavy (non-hydrogen) atoms. The van der Waals surface area contributed by atoms with Crippen LogP contribution in [-0.4, -0.2) is 9.55 Å². The van der Waals surface area contributed by atoms with Crippen LogP contribution in [0.4, 0.5) is 0 Å². The Morgan fingerprint density at radius 2 is 1.54 bits per heavy atom. The van der Waals surface area contributed by atoms with Gasteiger partial charge in [0.1, 0.15) is 5.82 Å². The van der Waals surface area contributed by atoms with Crippen molar-refractivity contribution < 1.29 is 0 Å². The van der Waals surface area contributed by atoms with Gasteiger partial charge in [-0.3, -0.25) is 0 Å². The summed E-state index contributed by atoms with van der Waals surface area (Å²) in [5.41, 5.74) is 5.07. The number of hydrogen-bond acceptors (Lipinski definition) is 1. The zero-order valence-electron chi connectivity index (χ0n) is 14.3. The van der Waals surface area contributed by atoms with Crippen molar-refractivity contribution in [3.05, 3.63) is 66.4 Å². The molecule has 1 aliphatic carbocycles. The van der Waals surface area contributed by atoms with Crippen molar-refractivity contribution in [2.45, 2.75) is 38.0 Å². The van der Waals surface area contributed by atoms with Gasteiger partial charge in [0.25, 0.3) is 0 Å². The highest BCUT2D eigenvalue weighted by molar-refractivity contribution is 5.66. The largest absolute Gasteiger partial charge is 0.327 e. The van der Waals surface area contributed by atoms with Crippen molar-refractivity contribution in [3.63, 3.8) is 0 Å². The maximum Gasteiger partial charge on any atom is 0.140 e. The second-order valence-corrected chi connectivity index (χ2v) is 6.85. The van der Waals surface area contributed by atoms with E-state index in [0.29, 0.717) is 0 Å². The molecule has 1 aromatic heterocycles. The highest BCUT2D eigenvalue weighted by atomic mass is 15.1. The topological polar surface area (TPSA) is 17.8 Å². The van der Waals surface area contributed by atoms with E-state index in [2.05, 4.69) is 65.1 Å². The molecule has 0 bridgehead atoms.